The van der Waals surface area contributed by atoms with Crippen molar-refractivity contribution in [1.82, 2.24) is 0 Å². The average molecular weight is 457 g/mol. The third-order valence-corrected chi connectivity index (χ3v) is 11.0. The number of hydrogen-bond donors (Lipinski definition) is 1. The Morgan fingerprint density at radius 3 is 2.45 bits per heavy atom. The molecule has 3 saturated carbocycles. The zero-order valence-electron chi connectivity index (χ0n) is 22.2. The molecule has 0 radical (unpaired) electrons. The lowest BCUT2D eigenvalue weighted by Gasteiger charge is -2.61. The number of rotatable bonds is 5. The molecule has 0 aromatic carbocycles. The zero-order valence-corrected chi connectivity index (χ0v) is 22.2. The Labute approximate surface area is 202 Å². The van der Waals surface area contributed by atoms with Crippen LogP contribution >= 0.6 is 0 Å². The van der Waals surface area contributed by atoms with E-state index in [1.807, 2.05) is 0 Å². The van der Waals surface area contributed by atoms with Crippen molar-refractivity contribution in [2.75, 3.05) is 0 Å². The molecular formula is C30H48O3. The van der Waals surface area contributed by atoms with Gasteiger partial charge in [-0.15, -0.1) is 0 Å². The molecule has 6 unspecified atom stereocenters. The predicted octanol–water partition coefficient (Wildman–Crippen LogP) is 7.10. The van der Waals surface area contributed by atoms with Crippen LogP contribution in [0.15, 0.2) is 23.8 Å². The molecule has 1 N–H and O–H groups in total. The molecular weight excluding hydrogens is 408 g/mol. The van der Waals surface area contributed by atoms with Crippen molar-refractivity contribution in [2.24, 2.45) is 46.3 Å². The van der Waals surface area contributed by atoms with Crippen molar-refractivity contribution in [3.8, 4) is 0 Å². The first-order chi connectivity index (χ1) is 15.4. The van der Waals surface area contributed by atoms with E-state index in [1.54, 1.807) is 5.57 Å². The van der Waals surface area contributed by atoms with Crippen LogP contribution in [0.3, 0.4) is 0 Å². The highest BCUT2D eigenvalue weighted by molar-refractivity contribution is 5.66. The molecule has 9 atom stereocenters. The molecule has 3 fully saturated rings. The second-order valence-electron chi connectivity index (χ2n) is 13.0. The van der Waals surface area contributed by atoms with Gasteiger partial charge in [0.15, 0.2) is 0 Å². The van der Waals surface area contributed by atoms with Gasteiger partial charge in [0.25, 0.3) is 0 Å². The molecule has 0 aromatic heterocycles. The highest BCUT2D eigenvalue weighted by Gasteiger charge is 2.62. The van der Waals surface area contributed by atoms with E-state index in [0.717, 1.165) is 18.8 Å². The number of aliphatic hydroxyl groups is 1. The Balaban J connectivity index is 1.55. The number of hydrogen-bond acceptors (Lipinski definition) is 3. The highest BCUT2D eigenvalue weighted by atomic mass is 16.5. The molecule has 33 heavy (non-hydrogen) atoms. The summed E-state index contributed by atoms with van der Waals surface area (Å²) < 4.78 is 5.54. The van der Waals surface area contributed by atoms with Crippen LogP contribution < -0.4 is 0 Å². The van der Waals surface area contributed by atoms with Crippen LogP contribution in [0.1, 0.15) is 99.8 Å². The second kappa shape index (κ2) is 8.85. The summed E-state index contributed by atoms with van der Waals surface area (Å²) in [6.07, 6.45) is 15.5. The molecule has 0 heterocycles. The average Bonchev–Trinajstić information content (AvgIpc) is 3.09. The molecule has 0 saturated heterocycles. The minimum absolute atomic E-state index is 0.106. The maximum atomic E-state index is 11.8. The maximum Gasteiger partial charge on any atom is 0.302 e. The first-order valence-electron chi connectivity index (χ1n) is 13.7. The first kappa shape index (κ1) is 25.0. The van der Waals surface area contributed by atoms with Crippen LogP contribution in [0.25, 0.3) is 0 Å². The number of allylic oxidation sites excluding steroid dienone is 3. The van der Waals surface area contributed by atoms with Crippen molar-refractivity contribution >= 4 is 5.97 Å². The molecule has 4 aliphatic carbocycles. The van der Waals surface area contributed by atoms with E-state index in [2.05, 4.69) is 59.8 Å². The Morgan fingerprint density at radius 2 is 1.79 bits per heavy atom. The van der Waals surface area contributed by atoms with Gasteiger partial charge in [0.05, 0.1) is 5.60 Å². The Kier molecular flexibility index (Phi) is 6.71. The van der Waals surface area contributed by atoms with E-state index in [1.165, 1.54) is 32.6 Å². The van der Waals surface area contributed by atoms with Gasteiger partial charge in [0.2, 0.25) is 0 Å². The fourth-order valence-corrected chi connectivity index (χ4v) is 8.42. The molecule has 3 nitrogen and oxygen atoms in total. The van der Waals surface area contributed by atoms with E-state index in [-0.39, 0.29) is 17.5 Å². The minimum Gasteiger partial charge on any atom is -0.462 e. The van der Waals surface area contributed by atoms with Gasteiger partial charge >= 0.3 is 5.97 Å². The lowest BCUT2D eigenvalue weighted by atomic mass is 9.46. The van der Waals surface area contributed by atoms with E-state index < -0.39 is 5.60 Å². The van der Waals surface area contributed by atoms with Gasteiger partial charge in [-0.3, -0.25) is 4.79 Å². The van der Waals surface area contributed by atoms with Crippen molar-refractivity contribution < 1.29 is 14.6 Å². The van der Waals surface area contributed by atoms with Crippen LogP contribution in [-0.2, 0) is 9.53 Å². The van der Waals surface area contributed by atoms with Gasteiger partial charge in [0.1, 0.15) is 6.10 Å². The lowest BCUT2D eigenvalue weighted by Crippen LogP contribution is -2.60. The van der Waals surface area contributed by atoms with Crippen molar-refractivity contribution in [2.45, 2.75) is 112 Å². The summed E-state index contributed by atoms with van der Waals surface area (Å²) in [5, 5.41) is 11.8. The number of carbonyl (C=O) groups is 1. The van der Waals surface area contributed by atoms with Gasteiger partial charge in [0, 0.05) is 18.8 Å². The number of fused-ring (bicyclic) bond motifs is 5. The van der Waals surface area contributed by atoms with E-state index in [4.69, 9.17) is 4.74 Å². The SMILES string of the molecule is CC(=O)OC1CC[C@@]2(C)C3CCC4(C)C(CCC4[C@H](C)/C=C/[C@H](C)C(C)C)C3=CCC2(O)C1. The van der Waals surface area contributed by atoms with E-state index in [9.17, 15) is 9.90 Å². The Hall–Kier alpha value is -1.09. The largest absolute Gasteiger partial charge is 0.462 e. The maximum absolute atomic E-state index is 11.8. The standard InChI is InChI=1S/C30H48O3/c1-19(2)20(3)8-9-21(4)25-10-11-26-24-13-17-30(32)18-23(33-22(5)31)12-16-29(30,7)27(24)14-15-28(25,26)6/h8-9,13,19-21,23,25-27,32H,10-12,14-18H2,1-7H3/b9-8+/t20-,21+,23?,25?,26?,27?,28?,29-,30?/m0/s1. The molecule has 0 bridgehead atoms. The molecule has 3 heteroatoms. The van der Waals surface area contributed by atoms with Crippen molar-refractivity contribution in [3.05, 3.63) is 23.8 Å². The number of esters is 1. The molecule has 4 aliphatic rings. The summed E-state index contributed by atoms with van der Waals surface area (Å²) in [7, 11) is 0. The summed E-state index contributed by atoms with van der Waals surface area (Å²) in [4.78, 5) is 11.5. The van der Waals surface area contributed by atoms with Crippen LogP contribution in [0, 0.1) is 46.3 Å². The Bertz CT molecular complexity index is 811. The third-order valence-electron chi connectivity index (χ3n) is 11.0. The summed E-state index contributed by atoms with van der Waals surface area (Å²) >= 11 is 0. The third kappa shape index (κ3) is 4.15. The highest BCUT2D eigenvalue weighted by Crippen LogP contribution is 2.67. The van der Waals surface area contributed by atoms with Crippen molar-refractivity contribution in [3.63, 3.8) is 0 Å². The Morgan fingerprint density at radius 1 is 1.06 bits per heavy atom. The summed E-state index contributed by atoms with van der Waals surface area (Å²) in [6.45, 7) is 15.8. The van der Waals surface area contributed by atoms with Gasteiger partial charge in [-0.2, -0.15) is 0 Å². The number of carbonyl (C=O) groups excluding carboxylic acids is 1. The minimum atomic E-state index is -0.756. The summed E-state index contributed by atoms with van der Waals surface area (Å²) in [5.74, 6) is 3.59. The number of ether oxygens (including phenoxy) is 1. The van der Waals surface area contributed by atoms with Crippen LogP contribution in [0.2, 0.25) is 0 Å². The van der Waals surface area contributed by atoms with Gasteiger partial charge in [-0.1, -0.05) is 65.3 Å². The topological polar surface area (TPSA) is 46.5 Å². The normalized spacial score (nSPS) is 44.6. The molecule has 186 valence electrons. The predicted molar refractivity (Wildman–Crippen MR) is 135 cm³/mol. The summed E-state index contributed by atoms with van der Waals surface area (Å²) in [5.41, 5.74) is 1.17. The van der Waals surface area contributed by atoms with Crippen LogP contribution in [0.4, 0.5) is 0 Å². The fraction of sp³-hybridized carbons (Fsp3) is 0.833. The van der Waals surface area contributed by atoms with Crippen LogP contribution in [0.5, 0.6) is 0 Å². The molecule has 0 aliphatic heterocycles. The lowest BCUT2D eigenvalue weighted by molar-refractivity contribution is -0.183. The monoisotopic (exact) mass is 456 g/mol. The molecule has 0 amide bonds. The smallest absolute Gasteiger partial charge is 0.302 e. The van der Waals surface area contributed by atoms with Gasteiger partial charge in [-0.25, -0.2) is 0 Å². The molecule has 0 spiro atoms. The second-order valence-corrected chi connectivity index (χ2v) is 13.0. The quantitative estimate of drug-likeness (QED) is 0.354. The molecule has 4 rings (SSSR count). The fourth-order valence-electron chi connectivity index (χ4n) is 8.42. The summed E-state index contributed by atoms with van der Waals surface area (Å²) in [6, 6.07) is 0. The molecule has 0 aromatic rings. The van der Waals surface area contributed by atoms with Crippen molar-refractivity contribution in [1.29, 1.82) is 0 Å². The van der Waals surface area contributed by atoms with Gasteiger partial charge < -0.3 is 9.84 Å². The van der Waals surface area contributed by atoms with E-state index >= 15 is 0 Å². The zero-order chi connectivity index (χ0) is 24.2. The first-order valence-corrected chi connectivity index (χ1v) is 13.7. The van der Waals surface area contributed by atoms with E-state index in [0.29, 0.717) is 47.8 Å². The van der Waals surface area contributed by atoms with Gasteiger partial charge in [-0.05, 0) is 85.9 Å². The van der Waals surface area contributed by atoms with Crippen LogP contribution in [-0.4, -0.2) is 22.8 Å².